The number of halogens is 2. The predicted octanol–water partition coefficient (Wildman–Crippen LogP) is 2.91. The molecule has 0 bridgehead atoms. The van der Waals surface area contributed by atoms with Crippen LogP contribution in [0.2, 0.25) is 5.02 Å². The topological polar surface area (TPSA) is 15.3 Å². The third kappa shape index (κ3) is 3.11. The SMILES string of the molecule is CCNCC1CCN(c2ccc(Cl)c(F)c2)C1. The number of benzene rings is 1. The van der Waals surface area contributed by atoms with Crippen molar-refractivity contribution in [3.05, 3.63) is 29.0 Å². The maximum Gasteiger partial charge on any atom is 0.143 e. The van der Waals surface area contributed by atoms with Gasteiger partial charge in [0.2, 0.25) is 0 Å². The number of hydrogen-bond acceptors (Lipinski definition) is 2. The molecule has 1 saturated heterocycles. The highest BCUT2D eigenvalue weighted by Gasteiger charge is 2.22. The van der Waals surface area contributed by atoms with Crippen molar-refractivity contribution in [1.29, 1.82) is 0 Å². The summed E-state index contributed by atoms with van der Waals surface area (Å²) in [5.41, 5.74) is 0.936. The fourth-order valence-electron chi connectivity index (χ4n) is 2.26. The molecule has 0 aromatic heterocycles. The zero-order chi connectivity index (χ0) is 12.3. The third-order valence-electron chi connectivity index (χ3n) is 3.24. The minimum absolute atomic E-state index is 0.192. The standard InChI is InChI=1S/C13H18ClFN2/c1-2-16-8-10-5-6-17(9-10)11-3-4-12(14)13(15)7-11/h3-4,7,10,16H,2,5-6,8-9H2,1H3. The van der Waals surface area contributed by atoms with Gasteiger partial charge in [-0.15, -0.1) is 0 Å². The van der Waals surface area contributed by atoms with Gasteiger partial charge in [0.1, 0.15) is 5.82 Å². The Balaban J connectivity index is 1.97. The lowest BCUT2D eigenvalue weighted by molar-refractivity contribution is 0.527. The molecule has 0 aliphatic carbocycles. The van der Waals surface area contributed by atoms with Gasteiger partial charge in [0.15, 0.2) is 0 Å². The average molecular weight is 257 g/mol. The maximum absolute atomic E-state index is 13.4. The Bertz CT molecular complexity index is 384. The van der Waals surface area contributed by atoms with Crippen molar-refractivity contribution >= 4 is 17.3 Å². The lowest BCUT2D eigenvalue weighted by atomic mass is 10.1. The lowest BCUT2D eigenvalue weighted by Gasteiger charge is -2.19. The Labute approximate surface area is 107 Å². The summed E-state index contributed by atoms with van der Waals surface area (Å²) in [5.74, 6) is 0.327. The highest BCUT2D eigenvalue weighted by atomic mass is 35.5. The van der Waals surface area contributed by atoms with Crippen molar-refractivity contribution in [2.24, 2.45) is 5.92 Å². The van der Waals surface area contributed by atoms with Gasteiger partial charge in [0, 0.05) is 18.8 Å². The Morgan fingerprint density at radius 1 is 1.53 bits per heavy atom. The first-order chi connectivity index (χ1) is 8.20. The quantitative estimate of drug-likeness (QED) is 0.891. The molecular weight excluding hydrogens is 239 g/mol. The summed E-state index contributed by atoms with van der Waals surface area (Å²) >= 11 is 5.68. The average Bonchev–Trinajstić information content (AvgIpc) is 2.79. The fourth-order valence-corrected chi connectivity index (χ4v) is 2.38. The molecule has 1 aliphatic heterocycles. The first kappa shape index (κ1) is 12.7. The second-order valence-electron chi connectivity index (χ2n) is 4.51. The van der Waals surface area contributed by atoms with Crippen molar-refractivity contribution in [3.8, 4) is 0 Å². The van der Waals surface area contributed by atoms with Gasteiger partial charge in [0.05, 0.1) is 5.02 Å². The van der Waals surface area contributed by atoms with Crippen LogP contribution < -0.4 is 10.2 Å². The second kappa shape index (κ2) is 5.69. The molecule has 1 atom stereocenters. The Kier molecular flexibility index (Phi) is 4.24. The molecule has 4 heteroatoms. The van der Waals surface area contributed by atoms with E-state index in [1.165, 1.54) is 6.07 Å². The van der Waals surface area contributed by atoms with Crippen molar-refractivity contribution in [2.45, 2.75) is 13.3 Å². The predicted molar refractivity (Wildman–Crippen MR) is 70.3 cm³/mol. The van der Waals surface area contributed by atoms with Gasteiger partial charge in [-0.2, -0.15) is 0 Å². The van der Waals surface area contributed by atoms with E-state index < -0.39 is 0 Å². The molecule has 1 aromatic carbocycles. The molecular formula is C13H18ClFN2. The van der Waals surface area contributed by atoms with Crippen LogP contribution in [-0.4, -0.2) is 26.2 Å². The molecule has 0 spiro atoms. The highest BCUT2D eigenvalue weighted by molar-refractivity contribution is 6.30. The maximum atomic E-state index is 13.4. The molecule has 94 valence electrons. The van der Waals surface area contributed by atoms with E-state index in [-0.39, 0.29) is 10.8 Å². The van der Waals surface area contributed by atoms with Crippen LogP contribution in [0.25, 0.3) is 0 Å². The summed E-state index contributed by atoms with van der Waals surface area (Å²) in [4.78, 5) is 2.22. The number of rotatable bonds is 4. The fraction of sp³-hybridized carbons (Fsp3) is 0.538. The van der Waals surface area contributed by atoms with Gasteiger partial charge in [0.25, 0.3) is 0 Å². The third-order valence-corrected chi connectivity index (χ3v) is 3.54. The molecule has 1 unspecified atom stereocenters. The van der Waals surface area contributed by atoms with Gasteiger partial charge >= 0.3 is 0 Å². The number of nitrogens with zero attached hydrogens (tertiary/aromatic N) is 1. The molecule has 2 rings (SSSR count). The van der Waals surface area contributed by atoms with E-state index in [4.69, 9.17) is 11.6 Å². The molecule has 2 nitrogen and oxygen atoms in total. The smallest absolute Gasteiger partial charge is 0.143 e. The zero-order valence-electron chi connectivity index (χ0n) is 10.0. The van der Waals surface area contributed by atoms with Crippen LogP contribution >= 0.6 is 11.6 Å². The second-order valence-corrected chi connectivity index (χ2v) is 4.91. The van der Waals surface area contributed by atoms with E-state index in [9.17, 15) is 4.39 Å². The van der Waals surface area contributed by atoms with Crippen molar-refractivity contribution < 1.29 is 4.39 Å². The summed E-state index contributed by atoms with van der Waals surface area (Å²) in [6.45, 7) is 6.15. The largest absolute Gasteiger partial charge is 0.371 e. The summed E-state index contributed by atoms with van der Waals surface area (Å²) < 4.78 is 13.4. The molecule has 17 heavy (non-hydrogen) atoms. The van der Waals surface area contributed by atoms with Crippen molar-refractivity contribution in [1.82, 2.24) is 5.32 Å². The highest BCUT2D eigenvalue weighted by Crippen LogP contribution is 2.26. The minimum Gasteiger partial charge on any atom is -0.371 e. The van der Waals surface area contributed by atoms with E-state index in [0.29, 0.717) is 5.92 Å². The van der Waals surface area contributed by atoms with Crippen LogP contribution in [-0.2, 0) is 0 Å². The molecule has 1 aromatic rings. The molecule has 0 radical (unpaired) electrons. The van der Waals surface area contributed by atoms with Crippen LogP contribution in [0, 0.1) is 11.7 Å². The Morgan fingerprint density at radius 2 is 2.35 bits per heavy atom. The van der Waals surface area contributed by atoms with Crippen LogP contribution in [0.3, 0.4) is 0 Å². The van der Waals surface area contributed by atoms with E-state index in [1.807, 2.05) is 6.07 Å². The first-order valence-electron chi connectivity index (χ1n) is 6.11. The van der Waals surface area contributed by atoms with Gasteiger partial charge in [-0.25, -0.2) is 4.39 Å². The van der Waals surface area contributed by atoms with Gasteiger partial charge < -0.3 is 10.2 Å². The van der Waals surface area contributed by atoms with E-state index in [2.05, 4.69) is 17.1 Å². The van der Waals surface area contributed by atoms with Crippen LogP contribution in [0.15, 0.2) is 18.2 Å². The molecule has 1 heterocycles. The molecule has 1 fully saturated rings. The zero-order valence-corrected chi connectivity index (χ0v) is 10.8. The number of nitrogens with one attached hydrogen (secondary N) is 1. The lowest BCUT2D eigenvalue weighted by Crippen LogP contribution is -2.26. The monoisotopic (exact) mass is 256 g/mol. The van der Waals surface area contributed by atoms with E-state index in [1.54, 1.807) is 6.07 Å². The van der Waals surface area contributed by atoms with Crippen LogP contribution in [0.1, 0.15) is 13.3 Å². The van der Waals surface area contributed by atoms with Crippen LogP contribution in [0.4, 0.5) is 10.1 Å². The van der Waals surface area contributed by atoms with Crippen molar-refractivity contribution in [3.63, 3.8) is 0 Å². The van der Waals surface area contributed by atoms with Crippen LogP contribution in [0.5, 0.6) is 0 Å². The molecule has 0 amide bonds. The number of hydrogen-bond donors (Lipinski definition) is 1. The van der Waals surface area contributed by atoms with Gasteiger partial charge in [-0.3, -0.25) is 0 Å². The van der Waals surface area contributed by atoms with Gasteiger partial charge in [-0.05, 0) is 43.6 Å². The molecule has 0 saturated carbocycles. The molecule has 1 aliphatic rings. The molecule has 1 N–H and O–H groups in total. The van der Waals surface area contributed by atoms with E-state index >= 15 is 0 Å². The van der Waals surface area contributed by atoms with Gasteiger partial charge in [-0.1, -0.05) is 18.5 Å². The summed E-state index contributed by atoms with van der Waals surface area (Å²) in [7, 11) is 0. The van der Waals surface area contributed by atoms with E-state index in [0.717, 1.165) is 38.3 Å². The number of anilines is 1. The first-order valence-corrected chi connectivity index (χ1v) is 6.49. The Morgan fingerprint density at radius 3 is 3.06 bits per heavy atom. The summed E-state index contributed by atoms with van der Waals surface area (Å²) in [6.07, 6.45) is 1.16. The normalized spacial score (nSPS) is 19.9. The summed E-state index contributed by atoms with van der Waals surface area (Å²) in [6, 6.07) is 5.04. The minimum atomic E-state index is -0.334. The Hall–Kier alpha value is -0.800. The summed E-state index contributed by atoms with van der Waals surface area (Å²) in [5, 5.41) is 3.55. The van der Waals surface area contributed by atoms with Crippen molar-refractivity contribution in [2.75, 3.05) is 31.1 Å².